The van der Waals surface area contributed by atoms with Crippen molar-refractivity contribution in [2.24, 2.45) is 0 Å². The topological polar surface area (TPSA) is 105 Å². The Balaban J connectivity index is 1.48. The second kappa shape index (κ2) is 8.88. The monoisotopic (exact) mass is 451 g/mol. The van der Waals surface area contributed by atoms with Gasteiger partial charge in [0.05, 0.1) is 17.6 Å². The first-order valence-electron chi connectivity index (χ1n) is 10.1. The maximum absolute atomic E-state index is 13.0. The minimum Gasteiger partial charge on any atom is -0.384 e. The van der Waals surface area contributed by atoms with E-state index in [-0.39, 0.29) is 5.69 Å². The SMILES string of the molecule is Cc1nc(N)ccc1CNCc1cn(Cc2ccc3ncc(C(F)(F)F)cc3c2)nc1C#N. The van der Waals surface area contributed by atoms with Gasteiger partial charge in [-0.05, 0) is 42.3 Å². The van der Waals surface area contributed by atoms with E-state index in [1.165, 1.54) is 0 Å². The summed E-state index contributed by atoms with van der Waals surface area (Å²) in [6.07, 6.45) is -1.87. The van der Waals surface area contributed by atoms with E-state index in [2.05, 4.69) is 26.5 Å². The normalized spacial score (nSPS) is 11.6. The zero-order chi connectivity index (χ0) is 23.6. The van der Waals surface area contributed by atoms with Gasteiger partial charge in [-0.2, -0.15) is 23.5 Å². The van der Waals surface area contributed by atoms with Crippen molar-refractivity contribution in [1.82, 2.24) is 25.1 Å². The van der Waals surface area contributed by atoms with E-state index in [9.17, 15) is 18.4 Å². The first-order chi connectivity index (χ1) is 15.7. The van der Waals surface area contributed by atoms with Gasteiger partial charge in [0.2, 0.25) is 0 Å². The molecule has 0 saturated carbocycles. The van der Waals surface area contributed by atoms with Gasteiger partial charge in [-0.15, -0.1) is 0 Å². The summed E-state index contributed by atoms with van der Waals surface area (Å²) in [5.74, 6) is 0.461. The largest absolute Gasteiger partial charge is 0.417 e. The van der Waals surface area contributed by atoms with Gasteiger partial charge in [0.25, 0.3) is 0 Å². The van der Waals surface area contributed by atoms with Gasteiger partial charge in [0.1, 0.15) is 11.9 Å². The van der Waals surface area contributed by atoms with E-state index in [1.807, 2.05) is 13.0 Å². The lowest BCUT2D eigenvalue weighted by Gasteiger charge is -2.08. The van der Waals surface area contributed by atoms with Crippen LogP contribution in [0.15, 0.2) is 48.8 Å². The molecule has 168 valence electrons. The molecule has 4 aromatic rings. The van der Waals surface area contributed by atoms with E-state index in [1.54, 1.807) is 35.1 Å². The number of anilines is 1. The zero-order valence-corrected chi connectivity index (χ0v) is 17.7. The van der Waals surface area contributed by atoms with Crippen LogP contribution < -0.4 is 11.1 Å². The van der Waals surface area contributed by atoms with Crippen molar-refractivity contribution in [1.29, 1.82) is 5.26 Å². The molecule has 0 spiro atoms. The molecule has 0 aliphatic carbocycles. The van der Waals surface area contributed by atoms with Crippen LogP contribution in [0.1, 0.15) is 33.6 Å². The van der Waals surface area contributed by atoms with Crippen molar-refractivity contribution in [2.45, 2.75) is 32.7 Å². The molecule has 0 amide bonds. The molecule has 3 N–H and O–H groups in total. The molecule has 0 bridgehead atoms. The lowest BCUT2D eigenvalue weighted by molar-refractivity contribution is -0.137. The highest BCUT2D eigenvalue weighted by atomic mass is 19.4. The molecule has 0 atom stereocenters. The lowest BCUT2D eigenvalue weighted by atomic mass is 10.1. The summed E-state index contributed by atoms with van der Waals surface area (Å²) < 4.78 is 40.6. The van der Waals surface area contributed by atoms with E-state index < -0.39 is 11.7 Å². The Hall–Kier alpha value is -3.97. The molecule has 3 aromatic heterocycles. The average molecular weight is 451 g/mol. The summed E-state index contributed by atoms with van der Waals surface area (Å²) in [6.45, 7) is 3.16. The highest BCUT2D eigenvalue weighted by molar-refractivity contribution is 5.79. The van der Waals surface area contributed by atoms with E-state index in [0.29, 0.717) is 36.4 Å². The van der Waals surface area contributed by atoms with E-state index in [4.69, 9.17) is 5.73 Å². The average Bonchev–Trinajstić information content (AvgIpc) is 3.15. The summed E-state index contributed by atoms with van der Waals surface area (Å²) in [5, 5.41) is 17.4. The van der Waals surface area contributed by atoms with Crippen LogP contribution in [0.4, 0.5) is 19.0 Å². The number of fused-ring (bicyclic) bond motifs is 1. The van der Waals surface area contributed by atoms with Gasteiger partial charge in [-0.3, -0.25) is 9.67 Å². The summed E-state index contributed by atoms with van der Waals surface area (Å²) >= 11 is 0. The molecular formula is C23H20F3N7. The number of aromatic nitrogens is 4. The third kappa shape index (κ3) is 5.10. The van der Waals surface area contributed by atoms with Gasteiger partial charge in [0, 0.05) is 42.1 Å². The first kappa shape index (κ1) is 22.2. The van der Waals surface area contributed by atoms with Gasteiger partial charge in [-0.25, -0.2) is 4.98 Å². The quantitative estimate of drug-likeness (QED) is 0.460. The van der Waals surface area contributed by atoms with Crippen LogP contribution in [-0.4, -0.2) is 19.7 Å². The number of nitrogens with two attached hydrogens (primary N) is 1. The third-order valence-electron chi connectivity index (χ3n) is 5.21. The van der Waals surface area contributed by atoms with Crippen LogP contribution >= 0.6 is 0 Å². The second-order valence-electron chi connectivity index (χ2n) is 7.65. The zero-order valence-electron chi connectivity index (χ0n) is 17.7. The van der Waals surface area contributed by atoms with E-state index >= 15 is 0 Å². The molecule has 0 aliphatic rings. The highest BCUT2D eigenvalue weighted by Crippen LogP contribution is 2.30. The number of aryl methyl sites for hydroxylation is 1. The Morgan fingerprint density at radius 1 is 1.12 bits per heavy atom. The maximum Gasteiger partial charge on any atom is 0.417 e. The summed E-state index contributed by atoms with van der Waals surface area (Å²) in [7, 11) is 0. The number of halogens is 3. The fraction of sp³-hybridized carbons (Fsp3) is 0.217. The predicted molar refractivity (Wildman–Crippen MR) is 117 cm³/mol. The fourth-order valence-electron chi connectivity index (χ4n) is 3.52. The van der Waals surface area contributed by atoms with Crippen LogP contribution in [0.3, 0.4) is 0 Å². The van der Waals surface area contributed by atoms with Crippen molar-refractivity contribution in [2.75, 3.05) is 5.73 Å². The Kier molecular flexibility index (Phi) is 5.98. The Morgan fingerprint density at radius 2 is 1.91 bits per heavy atom. The van der Waals surface area contributed by atoms with Crippen LogP contribution in [0.5, 0.6) is 0 Å². The van der Waals surface area contributed by atoms with Crippen molar-refractivity contribution >= 4 is 16.7 Å². The number of hydrogen-bond acceptors (Lipinski definition) is 6. The molecule has 0 radical (unpaired) electrons. The van der Waals surface area contributed by atoms with Crippen molar-refractivity contribution in [3.05, 3.63) is 82.4 Å². The van der Waals surface area contributed by atoms with Gasteiger partial charge >= 0.3 is 6.18 Å². The Bertz CT molecular complexity index is 1350. The number of benzene rings is 1. The van der Waals surface area contributed by atoms with Crippen LogP contribution in [0.25, 0.3) is 10.9 Å². The lowest BCUT2D eigenvalue weighted by Crippen LogP contribution is -2.14. The molecule has 0 aliphatic heterocycles. The van der Waals surface area contributed by atoms with E-state index in [0.717, 1.165) is 34.6 Å². The highest BCUT2D eigenvalue weighted by Gasteiger charge is 2.31. The predicted octanol–water partition coefficient (Wildman–Crippen LogP) is 3.95. The third-order valence-corrected chi connectivity index (χ3v) is 5.21. The van der Waals surface area contributed by atoms with Crippen molar-refractivity contribution < 1.29 is 13.2 Å². The number of pyridine rings is 2. The molecule has 4 rings (SSSR count). The number of nitrogens with zero attached hydrogens (tertiary/aromatic N) is 5. The number of hydrogen-bond donors (Lipinski definition) is 2. The van der Waals surface area contributed by atoms with Crippen LogP contribution in [0, 0.1) is 18.3 Å². The molecule has 1 aromatic carbocycles. The number of alkyl halides is 3. The molecule has 0 unspecified atom stereocenters. The van der Waals surface area contributed by atoms with Gasteiger partial charge < -0.3 is 11.1 Å². The number of nitrogens with one attached hydrogen (secondary N) is 1. The van der Waals surface area contributed by atoms with Crippen molar-refractivity contribution in [3.8, 4) is 6.07 Å². The molecule has 0 saturated heterocycles. The van der Waals surface area contributed by atoms with Crippen LogP contribution in [-0.2, 0) is 25.8 Å². The molecular weight excluding hydrogens is 431 g/mol. The smallest absolute Gasteiger partial charge is 0.384 e. The summed E-state index contributed by atoms with van der Waals surface area (Å²) in [4.78, 5) is 8.12. The molecule has 3 heterocycles. The fourth-order valence-corrected chi connectivity index (χ4v) is 3.52. The molecule has 0 fully saturated rings. The molecule has 10 heteroatoms. The minimum atomic E-state index is -4.45. The summed E-state index contributed by atoms with van der Waals surface area (Å²) in [6, 6.07) is 11.9. The first-order valence-corrected chi connectivity index (χ1v) is 10.1. The molecule has 7 nitrogen and oxygen atoms in total. The Labute approximate surface area is 187 Å². The number of nitrogen functional groups attached to an aromatic ring is 1. The number of rotatable bonds is 6. The van der Waals surface area contributed by atoms with Gasteiger partial charge in [0.15, 0.2) is 5.69 Å². The second-order valence-corrected chi connectivity index (χ2v) is 7.65. The Morgan fingerprint density at radius 3 is 2.64 bits per heavy atom. The maximum atomic E-state index is 13.0. The minimum absolute atomic E-state index is 0.288. The van der Waals surface area contributed by atoms with Crippen molar-refractivity contribution in [3.63, 3.8) is 0 Å². The number of nitriles is 1. The standard InChI is InChI=1S/C23H20F3N7/c1-14-16(3-5-22(28)31-14)9-29-10-18-13-33(32-21(18)8-27)12-15-2-4-20-17(6-15)7-19(11-30-20)23(24,25)26/h2-7,11,13,29H,9-10,12H2,1H3,(H2,28,31). The van der Waals surface area contributed by atoms with Gasteiger partial charge in [-0.1, -0.05) is 12.1 Å². The summed E-state index contributed by atoms with van der Waals surface area (Å²) in [5.41, 5.74) is 8.95. The molecule has 33 heavy (non-hydrogen) atoms. The van der Waals surface area contributed by atoms with Crippen LogP contribution in [0.2, 0.25) is 0 Å².